The minimum atomic E-state index is 0.224. The molecule has 1 amide bonds. The van der Waals surface area contributed by atoms with Crippen molar-refractivity contribution in [2.75, 3.05) is 26.2 Å². The molecule has 4 nitrogen and oxygen atoms in total. The van der Waals surface area contributed by atoms with Gasteiger partial charge in [0.25, 0.3) is 0 Å². The Morgan fingerprint density at radius 3 is 2.22 bits per heavy atom. The summed E-state index contributed by atoms with van der Waals surface area (Å²) in [5.41, 5.74) is 3.12. The van der Waals surface area contributed by atoms with E-state index < -0.39 is 0 Å². The lowest BCUT2D eigenvalue weighted by Gasteiger charge is -2.43. The zero-order valence-corrected chi connectivity index (χ0v) is 16.4. The van der Waals surface area contributed by atoms with Crippen LogP contribution in [0.25, 0.3) is 0 Å². The van der Waals surface area contributed by atoms with Crippen LogP contribution in [0, 0.1) is 5.92 Å². The van der Waals surface area contributed by atoms with Gasteiger partial charge >= 0.3 is 0 Å². The number of carbonyl (C=O) groups excluding carboxylic acids is 1. The molecule has 1 aromatic carbocycles. The minimum absolute atomic E-state index is 0.224. The fourth-order valence-corrected chi connectivity index (χ4v) is 5.51. The van der Waals surface area contributed by atoms with E-state index in [9.17, 15) is 4.79 Å². The minimum Gasteiger partial charge on any atom is -0.353 e. The highest BCUT2D eigenvalue weighted by Gasteiger charge is 2.35. The SMILES string of the molecule is O=C(NC1CC1)[C@@H]1CCCN(C2CCN(C3Cc4ccccc4C3)CC2)C1. The molecule has 2 aliphatic carbocycles. The maximum atomic E-state index is 12.5. The Morgan fingerprint density at radius 2 is 1.56 bits per heavy atom. The van der Waals surface area contributed by atoms with E-state index in [4.69, 9.17) is 0 Å². The van der Waals surface area contributed by atoms with Gasteiger partial charge in [-0.15, -0.1) is 0 Å². The lowest BCUT2D eigenvalue weighted by molar-refractivity contribution is -0.127. The molecule has 1 N–H and O–H groups in total. The number of benzene rings is 1. The molecule has 1 atom stereocenters. The first-order valence-electron chi connectivity index (χ1n) is 11.1. The van der Waals surface area contributed by atoms with E-state index in [1.807, 2.05) is 0 Å². The molecule has 4 heteroatoms. The molecule has 0 radical (unpaired) electrons. The van der Waals surface area contributed by atoms with E-state index >= 15 is 0 Å². The van der Waals surface area contributed by atoms with Crippen LogP contribution in [0.4, 0.5) is 0 Å². The van der Waals surface area contributed by atoms with Gasteiger partial charge in [-0.3, -0.25) is 14.6 Å². The standard InChI is InChI=1S/C23H33N3O/c27-23(24-20-7-8-20)19-6-3-11-26(16-19)21-9-12-25(13-10-21)22-14-17-4-1-2-5-18(17)15-22/h1-2,4-5,19-22H,3,6-16H2,(H,24,27)/t19-/m1/s1. The van der Waals surface area contributed by atoms with Crippen molar-refractivity contribution < 1.29 is 4.79 Å². The second-order valence-corrected chi connectivity index (χ2v) is 9.21. The van der Waals surface area contributed by atoms with Crippen LogP contribution in [-0.4, -0.2) is 60.0 Å². The molecule has 4 aliphatic rings. The Balaban J connectivity index is 1.12. The summed E-state index contributed by atoms with van der Waals surface area (Å²) >= 11 is 0. The topological polar surface area (TPSA) is 35.6 Å². The summed E-state index contributed by atoms with van der Waals surface area (Å²) in [6.07, 6.45) is 9.63. The van der Waals surface area contributed by atoms with Crippen LogP contribution >= 0.6 is 0 Å². The van der Waals surface area contributed by atoms with Crippen LogP contribution < -0.4 is 5.32 Å². The third-order valence-electron chi connectivity index (χ3n) is 7.31. The largest absolute Gasteiger partial charge is 0.353 e. The molecule has 2 heterocycles. The number of hydrogen-bond donors (Lipinski definition) is 1. The third-order valence-corrected chi connectivity index (χ3v) is 7.31. The van der Waals surface area contributed by atoms with Crippen molar-refractivity contribution in [1.82, 2.24) is 15.1 Å². The molecule has 0 bridgehead atoms. The van der Waals surface area contributed by atoms with E-state index in [1.165, 1.54) is 64.6 Å². The van der Waals surface area contributed by atoms with Crippen molar-refractivity contribution in [3.8, 4) is 0 Å². The maximum absolute atomic E-state index is 12.5. The number of fused-ring (bicyclic) bond motifs is 1. The first kappa shape index (κ1) is 17.7. The van der Waals surface area contributed by atoms with Gasteiger partial charge in [-0.2, -0.15) is 0 Å². The molecule has 27 heavy (non-hydrogen) atoms. The molecule has 0 unspecified atom stereocenters. The molecule has 3 fully saturated rings. The Morgan fingerprint density at radius 1 is 0.852 bits per heavy atom. The highest BCUT2D eigenvalue weighted by Crippen LogP contribution is 2.30. The smallest absolute Gasteiger partial charge is 0.224 e. The number of carbonyl (C=O) groups is 1. The third kappa shape index (κ3) is 3.93. The number of piperidine rings is 2. The van der Waals surface area contributed by atoms with Crippen molar-refractivity contribution in [1.29, 1.82) is 0 Å². The number of hydrogen-bond acceptors (Lipinski definition) is 3. The summed E-state index contributed by atoms with van der Waals surface area (Å²) in [6, 6.07) is 10.9. The molecule has 1 saturated carbocycles. The van der Waals surface area contributed by atoms with Gasteiger partial charge in [-0.1, -0.05) is 24.3 Å². The molecular formula is C23H33N3O. The monoisotopic (exact) mass is 367 g/mol. The molecule has 0 aromatic heterocycles. The van der Waals surface area contributed by atoms with Gasteiger partial charge in [0, 0.05) is 24.7 Å². The predicted molar refractivity (Wildman–Crippen MR) is 108 cm³/mol. The fraction of sp³-hybridized carbons (Fsp3) is 0.696. The van der Waals surface area contributed by atoms with Crippen LogP contribution in [0.1, 0.15) is 49.7 Å². The van der Waals surface area contributed by atoms with Crippen molar-refractivity contribution in [3.63, 3.8) is 0 Å². The van der Waals surface area contributed by atoms with Gasteiger partial charge in [-0.05, 0) is 82.1 Å². The van der Waals surface area contributed by atoms with Crippen molar-refractivity contribution in [3.05, 3.63) is 35.4 Å². The number of rotatable bonds is 4. The Kier molecular flexibility index (Phi) is 4.95. The predicted octanol–water partition coefficient (Wildman–Crippen LogP) is 2.61. The van der Waals surface area contributed by atoms with Gasteiger partial charge in [0.15, 0.2) is 0 Å². The van der Waals surface area contributed by atoms with E-state index in [1.54, 1.807) is 11.1 Å². The fourth-order valence-electron chi connectivity index (χ4n) is 5.51. The summed E-state index contributed by atoms with van der Waals surface area (Å²) < 4.78 is 0. The summed E-state index contributed by atoms with van der Waals surface area (Å²) in [5, 5.41) is 3.23. The summed E-state index contributed by atoms with van der Waals surface area (Å²) in [7, 11) is 0. The second kappa shape index (κ2) is 7.56. The van der Waals surface area contributed by atoms with E-state index in [-0.39, 0.29) is 5.92 Å². The van der Waals surface area contributed by atoms with E-state index in [0.717, 1.165) is 13.0 Å². The molecule has 2 aliphatic heterocycles. The summed E-state index contributed by atoms with van der Waals surface area (Å²) in [4.78, 5) is 17.8. The van der Waals surface area contributed by atoms with Crippen molar-refractivity contribution in [2.45, 2.75) is 69.5 Å². The summed E-state index contributed by atoms with van der Waals surface area (Å²) in [5.74, 6) is 0.546. The molecule has 0 spiro atoms. The Bertz CT molecular complexity index is 653. The zero-order chi connectivity index (χ0) is 18.2. The van der Waals surface area contributed by atoms with E-state index in [0.29, 0.717) is 24.0 Å². The number of nitrogens with one attached hydrogen (secondary N) is 1. The molecule has 146 valence electrons. The highest BCUT2D eigenvalue weighted by molar-refractivity contribution is 5.79. The van der Waals surface area contributed by atoms with Crippen molar-refractivity contribution in [2.24, 2.45) is 5.92 Å². The summed E-state index contributed by atoms with van der Waals surface area (Å²) in [6.45, 7) is 4.61. The average molecular weight is 368 g/mol. The lowest BCUT2D eigenvalue weighted by atomic mass is 9.92. The van der Waals surface area contributed by atoms with Crippen LogP contribution in [0.2, 0.25) is 0 Å². The lowest BCUT2D eigenvalue weighted by Crippen LogP contribution is -2.52. The van der Waals surface area contributed by atoms with Crippen molar-refractivity contribution >= 4 is 5.91 Å². The number of nitrogens with zero attached hydrogens (tertiary/aromatic N) is 2. The van der Waals surface area contributed by atoms with E-state index in [2.05, 4.69) is 39.4 Å². The normalized spacial score (nSPS) is 28.2. The number of likely N-dealkylation sites (tertiary alicyclic amines) is 2. The molecular weight excluding hydrogens is 334 g/mol. The second-order valence-electron chi connectivity index (χ2n) is 9.21. The quantitative estimate of drug-likeness (QED) is 0.889. The Labute approximate surface area is 163 Å². The number of amides is 1. The van der Waals surface area contributed by atoms with Gasteiger partial charge in [0.05, 0.1) is 5.92 Å². The van der Waals surface area contributed by atoms with Gasteiger partial charge in [0.1, 0.15) is 0 Å². The molecule has 5 rings (SSSR count). The zero-order valence-electron chi connectivity index (χ0n) is 16.4. The average Bonchev–Trinajstić information content (AvgIpc) is 3.42. The Hall–Kier alpha value is -1.39. The maximum Gasteiger partial charge on any atom is 0.224 e. The first-order valence-corrected chi connectivity index (χ1v) is 11.1. The molecule has 1 aromatic rings. The first-order chi connectivity index (χ1) is 13.3. The molecule has 2 saturated heterocycles. The van der Waals surface area contributed by atoms with Crippen LogP contribution in [-0.2, 0) is 17.6 Å². The van der Waals surface area contributed by atoms with Gasteiger partial charge < -0.3 is 5.32 Å². The van der Waals surface area contributed by atoms with Gasteiger partial charge in [-0.25, -0.2) is 0 Å². The highest BCUT2D eigenvalue weighted by atomic mass is 16.2. The van der Waals surface area contributed by atoms with Gasteiger partial charge in [0.2, 0.25) is 5.91 Å². The van der Waals surface area contributed by atoms with Crippen LogP contribution in [0.3, 0.4) is 0 Å². The van der Waals surface area contributed by atoms with Crippen LogP contribution in [0.15, 0.2) is 24.3 Å². The van der Waals surface area contributed by atoms with Crippen LogP contribution in [0.5, 0.6) is 0 Å².